The van der Waals surface area contributed by atoms with Crippen molar-refractivity contribution in [3.8, 4) is 5.69 Å². The molecule has 1 saturated heterocycles. The van der Waals surface area contributed by atoms with Crippen molar-refractivity contribution in [2.75, 3.05) is 6.54 Å². The summed E-state index contributed by atoms with van der Waals surface area (Å²) in [6, 6.07) is 12.4. The van der Waals surface area contributed by atoms with Crippen molar-refractivity contribution in [2.45, 2.75) is 25.4 Å². The fourth-order valence-electron chi connectivity index (χ4n) is 2.34. The highest BCUT2D eigenvalue weighted by atomic mass is 16.1. The molecule has 104 valence electrons. The van der Waals surface area contributed by atoms with Crippen molar-refractivity contribution in [1.82, 2.24) is 20.4 Å². The van der Waals surface area contributed by atoms with Gasteiger partial charge in [0, 0.05) is 31.7 Å². The Kier molecular flexibility index (Phi) is 3.78. The van der Waals surface area contributed by atoms with E-state index in [4.69, 9.17) is 0 Å². The van der Waals surface area contributed by atoms with Crippen molar-refractivity contribution < 1.29 is 4.79 Å². The number of nitrogens with zero attached hydrogens (tertiary/aromatic N) is 2. The Labute approximate surface area is 118 Å². The van der Waals surface area contributed by atoms with Gasteiger partial charge in [-0.25, -0.2) is 4.68 Å². The van der Waals surface area contributed by atoms with Crippen LogP contribution in [-0.4, -0.2) is 28.3 Å². The first kappa shape index (κ1) is 12.9. The van der Waals surface area contributed by atoms with E-state index in [0.717, 1.165) is 24.3 Å². The number of benzene rings is 1. The number of carbonyl (C=O) groups excluding carboxylic acids is 1. The van der Waals surface area contributed by atoms with Gasteiger partial charge in [-0.1, -0.05) is 18.2 Å². The second kappa shape index (κ2) is 5.88. The first-order chi connectivity index (χ1) is 9.81. The van der Waals surface area contributed by atoms with Gasteiger partial charge in [0.1, 0.15) is 0 Å². The molecule has 0 aliphatic carbocycles. The van der Waals surface area contributed by atoms with Gasteiger partial charge in [-0.2, -0.15) is 5.10 Å². The van der Waals surface area contributed by atoms with Crippen LogP contribution < -0.4 is 10.6 Å². The molecule has 0 bridgehead atoms. The Morgan fingerprint density at radius 3 is 2.90 bits per heavy atom. The smallest absolute Gasteiger partial charge is 0.220 e. The Bertz CT molecular complexity index is 569. The maximum Gasteiger partial charge on any atom is 0.220 e. The summed E-state index contributed by atoms with van der Waals surface area (Å²) in [4.78, 5) is 11.1. The summed E-state index contributed by atoms with van der Waals surface area (Å²) in [7, 11) is 0. The standard InChI is InChI=1S/C15H18N4O/c20-15-7-6-12(10-17-15)16-11-13-8-9-19(18-13)14-4-2-1-3-5-14/h1-5,8-9,12,16H,6-7,10-11H2,(H,17,20). The number of para-hydroxylation sites is 1. The second-order valence-electron chi connectivity index (χ2n) is 5.01. The fraction of sp³-hybridized carbons (Fsp3) is 0.333. The summed E-state index contributed by atoms with van der Waals surface area (Å²) in [5.41, 5.74) is 2.06. The minimum Gasteiger partial charge on any atom is -0.355 e. The maximum atomic E-state index is 11.1. The molecule has 1 fully saturated rings. The molecular weight excluding hydrogens is 252 g/mol. The molecule has 2 N–H and O–H groups in total. The van der Waals surface area contributed by atoms with Gasteiger partial charge in [-0.3, -0.25) is 4.79 Å². The minimum atomic E-state index is 0.149. The largest absolute Gasteiger partial charge is 0.355 e. The summed E-state index contributed by atoms with van der Waals surface area (Å²) in [5.74, 6) is 0.149. The van der Waals surface area contributed by atoms with E-state index < -0.39 is 0 Å². The van der Waals surface area contributed by atoms with Gasteiger partial charge < -0.3 is 10.6 Å². The lowest BCUT2D eigenvalue weighted by molar-refractivity contribution is -0.122. The van der Waals surface area contributed by atoms with Gasteiger partial charge in [0.25, 0.3) is 0 Å². The maximum absolute atomic E-state index is 11.1. The molecule has 0 radical (unpaired) electrons. The zero-order chi connectivity index (χ0) is 13.8. The molecule has 1 unspecified atom stereocenters. The van der Waals surface area contributed by atoms with Crippen molar-refractivity contribution in [1.29, 1.82) is 0 Å². The van der Waals surface area contributed by atoms with Crippen molar-refractivity contribution in [3.05, 3.63) is 48.3 Å². The number of hydrogen-bond acceptors (Lipinski definition) is 3. The first-order valence-corrected chi connectivity index (χ1v) is 6.91. The van der Waals surface area contributed by atoms with Gasteiger partial charge in [0.05, 0.1) is 11.4 Å². The molecule has 20 heavy (non-hydrogen) atoms. The van der Waals surface area contributed by atoms with Gasteiger partial charge >= 0.3 is 0 Å². The third-order valence-electron chi connectivity index (χ3n) is 3.50. The van der Waals surface area contributed by atoms with Gasteiger partial charge in [0.2, 0.25) is 5.91 Å². The highest BCUT2D eigenvalue weighted by molar-refractivity contribution is 5.76. The van der Waals surface area contributed by atoms with E-state index in [2.05, 4.69) is 15.7 Å². The number of piperidine rings is 1. The van der Waals surface area contributed by atoms with E-state index in [0.29, 0.717) is 19.0 Å². The lowest BCUT2D eigenvalue weighted by Gasteiger charge is -2.23. The van der Waals surface area contributed by atoms with Crippen LogP contribution in [0.1, 0.15) is 18.5 Å². The van der Waals surface area contributed by atoms with E-state index in [-0.39, 0.29) is 5.91 Å². The number of carbonyl (C=O) groups is 1. The molecule has 0 saturated carbocycles. The van der Waals surface area contributed by atoms with Crippen LogP contribution in [0.5, 0.6) is 0 Å². The molecular formula is C15H18N4O. The molecule has 2 heterocycles. The molecule has 1 aromatic carbocycles. The average molecular weight is 270 g/mol. The summed E-state index contributed by atoms with van der Waals surface area (Å²) in [5, 5.41) is 10.9. The minimum absolute atomic E-state index is 0.149. The van der Waals surface area contributed by atoms with E-state index in [9.17, 15) is 4.79 Å². The number of amides is 1. The number of hydrogen-bond donors (Lipinski definition) is 2. The Morgan fingerprint density at radius 2 is 2.15 bits per heavy atom. The van der Waals surface area contributed by atoms with Gasteiger partial charge in [-0.05, 0) is 24.6 Å². The molecule has 5 nitrogen and oxygen atoms in total. The third-order valence-corrected chi connectivity index (χ3v) is 3.50. The van der Waals surface area contributed by atoms with Crippen LogP contribution in [-0.2, 0) is 11.3 Å². The summed E-state index contributed by atoms with van der Waals surface area (Å²) >= 11 is 0. The Morgan fingerprint density at radius 1 is 1.30 bits per heavy atom. The lowest BCUT2D eigenvalue weighted by atomic mass is 10.1. The van der Waals surface area contributed by atoms with Crippen molar-refractivity contribution in [3.63, 3.8) is 0 Å². The predicted molar refractivity (Wildman–Crippen MR) is 76.4 cm³/mol. The van der Waals surface area contributed by atoms with E-state index in [1.165, 1.54) is 0 Å². The molecule has 3 rings (SSSR count). The van der Waals surface area contributed by atoms with Crippen LogP contribution in [0.4, 0.5) is 0 Å². The quantitative estimate of drug-likeness (QED) is 0.879. The lowest BCUT2D eigenvalue weighted by Crippen LogP contribution is -2.45. The normalized spacial score (nSPS) is 18.8. The Hall–Kier alpha value is -2.14. The highest BCUT2D eigenvalue weighted by Crippen LogP contribution is 2.08. The summed E-state index contributed by atoms with van der Waals surface area (Å²) in [6.07, 6.45) is 3.47. The summed E-state index contributed by atoms with van der Waals surface area (Å²) in [6.45, 7) is 1.43. The highest BCUT2D eigenvalue weighted by Gasteiger charge is 2.17. The zero-order valence-electron chi connectivity index (χ0n) is 11.2. The number of aromatic nitrogens is 2. The summed E-state index contributed by atoms with van der Waals surface area (Å²) < 4.78 is 1.87. The van der Waals surface area contributed by atoms with E-state index >= 15 is 0 Å². The van der Waals surface area contributed by atoms with Crippen LogP contribution in [0.25, 0.3) is 5.69 Å². The molecule has 1 aliphatic heterocycles. The molecule has 1 atom stereocenters. The van der Waals surface area contributed by atoms with Crippen LogP contribution in [0.15, 0.2) is 42.6 Å². The SMILES string of the molecule is O=C1CCC(NCc2ccn(-c3ccccc3)n2)CN1. The van der Waals surface area contributed by atoms with Crippen molar-refractivity contribution in [2.24, 2.45) is 0 Å². The topological polar surface area (TPSA) is 59.0 Å². The van der Waals surface area contributed by atoms with Gasteiger partial charge in [-0.15, -0.1) is 0 Å². The molecule has 5 heteroatoms. The van der Waals surface area contributed by atoms with E-state index in [1.54, 1.807) is 0 Å². The average Bonchev–Trinajstić information content (AvgIpc) is 2.97. The van der Waals surface area contributed by atoms with E-state index in [1.807, 2.05) is 47.3 Å². The van der Waals surface area contributed by atoms with Crippen LogP contribution >= 0.6 is 0 Å². The van der Waals surface area contributed by atoms with Crippen LogP contribution in [0.2, 0.25) is 0 Å². The molecule has 2 aromatic rings. The molecule has 0 spiro atoms. The monoisotopic (exact) mass is 270 g/mol. The van der Waals surface area contributed by atoms with Crippen molar-refractivity contribution >= 4 is 5.91 Å². The number of rotatable bonds is 4. The number of nitrogens with one attached hydrogen (secondary N) is 2. The molecule has 1 aromatic heterocycles. The van der Waals surface area contributed by atoms with Crippen LogP contribution in [0, 0.1) is 0 Å². The second-order valence-corrected chi connectivity index (χ2v) is 5.01. The fourth-order valence-corrected chi connectivity index (χ4v) is 2.34. The zero-order valence-corrected chi connectivity index (χ0v) is 11.2. The Balaban J connectivity index is 1.57. The molecule has 1 aliphatic rings. The van der Waals surface area contributed by atoms with Gasteiger partial charge in [0.15, 0.2) is 0 Å². The van der Waals surface area contributed by atoms with Crippen LogP contribution in [0.3, 0.4) is 0 Å². The molecule has 1 amide bonds. The predicted octanol–water partition coefficient (Wildman–Crippen LogP) is 1.24. The third kappa shape index (κ3) is 3.05. The first-order valence-electron chi connectivity index (χ1n) is 6.91.